The highest BCUT2D eigenvalue weighted by Gasteiger charge is 2.08. The number of benzene rings is 1. The fourth-order valence-electron chi connectivity index (χ4n) is 1.15. The number of carbonyl (C=O) groups is 1. The molecule has 0 spiro atoms. The summed E-state index contributed by atoms with van der Waals surface area (Å²) in [4.78, 5) is 11.4. The fourth-order valence-corrected chi connectivity index (χ4v) is 1.15. The first-order chi connectivity index (χ1) is 7.11. The van der Waals surface area contributed by atoms with E-state index in [1.807, 2.05) is 26.0 Å². The van der Waals surface area contributed by atoms with Gasteiger partial charge >= 0.3 is 5.97 Å². The highest BCUT2D eigenvalue weighted by atomic mass is 16.5. The summed E-state index contributed by atoms with van der Waals surface area (Å²) in [7, 11) is 0. The van der Waals surface area contributed by atoms with Gasteiger partial charge in [0.15, 0.2) is 0 Å². The Morgan fingerprint density at radius 1 is 1.40 bits per heavy atom. The van der Waals surface area contributed by atoms with Crippen LogP contribution < -0.4 is 5.73 Å². The zero-order valence-electron chi connectivity index (χ0n) is 9.19. The van der Waals surface area contributed by atoms with Crippen molar-refractivity contribution >= 4 is 11.7 Å². The van der Waals surface area contributed by atoms with Crippen molar-refractivity contribution in [1.82, 2.24) is 0 Å². The van der Waals surface area contributed by atoms with Crippen molar-refractivity contribution in [1.29, 1.82) is 0 Å². The van der Waals surface area contributed by atoms with Crippen molar-refractivity contribution < 1.29 is 9.53 Å². The maximum atomic E-state index is 11.4. The van der Waals surface area contributed by atoms with Gasteiger partial charge < -0.3 is 10.5 Å². The minimum absolute atomic E-state index is 0.00807. The van der Waals surface area contributed by atoms with Gasteiger partial charge in [-0.05, 0) is 31.0 Å². The van der Waals surface area contributed by atoms with Crippen molar-refractivity contribution in [3.8, 4) is 0 Å². The molecule has 0 fully saturated rings. The lowest BCUT2D eigenvalue weighted by molar-refractivity contribution is -0.147. The molecule has 2 N–H and O–H groups in total. The Hall–Kier alpha value is -1.51. The largest absolute Gasteiger partial charge is 0.462 e. The van der Waals surface area contributed by atoms with E-state index in [-0.39, 0.29) is 12.1 Å². The summed E-state index contributed by atoms with van der Waals surface area (Å²) in [6, 6.07) is 7.25. The first-order valence-electron chi connectivity index (χ1n) is 5.15. The minimum atomic E-state index is -0.186. The molecule has 0 bridgehead atoms. The van der Waals surface area contributed by atoms with Crippen molar-refractivity contribution in [2.75, 3.05) is 5.73 Å². The maximum absolute atomic E-state index is 11.4. The Bertz CT molecular complexity index is 319. The molecule has 0 aliphatic rings. The van der Waals surface area contributed by atoms with Gasteiger partial charge in [0.1, 0.15) is 0 Å². The lowest BCUT2D eigenvalue weighted by Crippen LogP contribution is -2.15. The zero-order valence-corrected chi connectivity index (χ0v) is 9.19. The predicted molar refractivity (Wildman–Crippen MR) is 60.4 cm³/mol. The highest BCUT2D eigenvalue weighted by Crippen LogP contribution is 2.07. The first-order valence-corrected chi connectivity index (χ1v) is 5.15. The number of nitrogens with two attached hydrogens (primary N) is 1. The summed E-state index contributed by atoms with van der Waals surface area (Å²) >= 11 is 0. The van der Waals surface area contributed by atoms with Crippen LogP contribution in [-0.4, -0.2) is 12.1 Å². The van der Waals surface area contributed by atoms with E-state index in [0.29, 0.717) is 12.1 Å². The predicted octanol–water partition coefficient (Wildman–Crippen LogP) is 2.15. The van der Waals surface area contributed by atoms with E-state index in [1.165, 1.54) is 0 Å². The van der Waals surface area contributed by atoms with E-state index < -0.39 is 0 Å². The van der Waals surface area contributed by atoms with E-state index in [9.17, 15) is 4.79 Å². The lowest BCUT2D eigenvalue weighted by Gasteiger charge is -2.10. The molecule has 0 saturated heterocycles. The van der Waals surface area contributed by atoms with Gasteiger partial charge in [0.25, 0.3) is 0 Å². The summed E-state index contributed by atoms with van der Waals surface area (Å²) in [6.07, 6.45) is 1.14. The molecule has 0 aliphatic heterocycles. The highest BCUT2D eigenvalue weighted by molar-refractivity contribution is 5.72. The van der Waals surface area contributed by atoms with Gasteiger partial charge in [0.2, 0.25) is 0 Å². The van der Waals surface area contributed by atoms with Crippen LogP contribution in [0.1, 0.15) is 25.8 Å². The molecule has 0 radical (unpaired) electrons. The molecule has 15 heavy (non-hydrogen) atoms. The van der Waals surface area contributed by atoms with Crippen molar-refractivity contribution in [2.45, 2.75) is 32.8 Å². The molecular weight excluding hydrogens is 190 g/mol. The van der Waals surface area contributed by atoms with E-state index in [0.717, 1.165) is 12.0 Å². The molecule has 0 saturated carbocycles. The quantitative estimate of drug-likeness (QED) is 0.608. The Morgan fingerprint density at radius 2 is 2.00 bits per heavy atom. The van der Waals surface area contributed by atoms with Crippen LogP contribution in [-0.2, 0) is 16.0 Å². The fraction of sp³-hybridized carbons (Fsp3) is 0.417. The molecule has 3 heteroatoms. The number of esters is 1. The number of rotatable bonds is 4. The third-order valence-electron chi connectivity index (χ3n) is 2.24. The minimum Gasteiger partial charge on any atom is -0.462 e. The number of carbonyl (C=O) groups excluding carboxylic acids is 1. The second kappa shape index (κ2) is 5.39. The molecule has 3 nitrogen and oxygen atoms in total. The Kier molecular flexibility index (Phi) is 4.16. The second-order valence-electron chi connectivity index (χ2n) is 3.63. The van der Waals surface area contributed by atoms with Gasteiger partial charge in [0, 0.05) is 5.69 Å². The van der Waals surface area contributed by atoms with Gasteiger partial charge in [0.05, 0.1) is 12.5 Å². The average molecular weight is 207 g/mol. The molecule has 0 aromatic heterocycles. The molecule has 1 aromatic carbocycles. The van der Waals surface area contributed by atoms with Gasteiger partial charge in [-0.25, -0.2) is 0 Å². The third-order valence-corrected chi connectivity index (χ3v) is 2.24. The lowest BCUT2D eigenvalue weighted by atomic mass is 10.1. The summed E-state index contributed by atoms with van der Waals surface area (Å²) in [6.45, 7) is 3.88. The third kappa shape index (κ3) is 4.02. The normalized spacial score (nSPS) is 12.1. The Morgan fingerprint density at radius 3 is 2.53 bits per heavy atom. The Labute approximate surface area is 90.2 Å². The van der Waals surface area contributed by atoms with Crippen LogP contribution in [0.15, 0.2) is 24.3 Å². The standard InChI is InChI=1S/C12H17NO2/c1-3-9(2)15-12(14)8-10-4-6-11(13)7-5-10/h4-7,9H,3,8,13H2,1-2H3/t9-/m1/s1. The van der Waals surface area contributed by atoms with Gasteiger partial charge in [-0.1, -0.05) is 19.1 Å². The van der Waals surface area contributed by atoms with Gasteiger partial charge in [-0.2, -0.15) is 0 Å². The molecule has 1 atom stereocenters. The van der Waals surface area contributed by atoms with Crippen molar-refractivity contribution in [3.63, 3.8) is 0 Å². The van der Waals surface area contributed by atoms with Crippen LogP contribution in [0.3, 0.4) is 0 Å². The van der Waals surface area contributed by atoms with E-state index in [4.69, 9.17) is 10.5 Å². The molecule has 0 aliphatic carbocycles. The molecule has 1 rings (SSSR count). The smallest absolute Gasteiger partial charge is 0.310 e. The summed E-state index contributed by atoms with van der Waals surface area (Å²) in [5, 5.41) is 0. The number of ether oxygens (including phenoxy) is 1. The van der Waals surface area contributed by atoms with Crippen LogP contribution in [0.2, 0.25) is 0 Å². The molecule has 1 aromatic rings. The van der Waals surface area contributed by atoms with Crippen LogP contribution in [0, 0.1) is 0 Å². The van der Waals surface area contributed by atoms with Gasteiger partial charge in [-0.15, -0.1) is 0 Å². The molecule has 0 heterocycles. The van der Waals surface area contributed by atoms with E-state index in [2.05, 4.69) is 0 Å². The molecular formula is C12H17NO2. The van der Waals surface area contributed by atoms with Gasteiger partial charge in [-0.3, -0.25) is 4.79 Å². The summed E-state index contributed by atoms with van der Waals surface area (Å²) < 4.78 is 5.16. The molecule has 0 unspecified atom stereocenters. The maximum Gasteiger partial charge on any atom is 0.310 e. The number of nitrogen functional groups attached to an aromatic ring is 1. The first kappa shape index (κ1) is 11.6. The van der Waals surface area contributed by atoms with Crippen LogP contribution in [0.4, 0.5) is 5.69 Å². The summed E-state index contributed by atoms with van der Waals surface area (Å²) in [5.74, 6) is -0.186. The van der Waals surface area contributed by atoms with Crippen LogP contribution in [0.25, 0.3) is 0 Å². The monoisotopic (exact) mass is 207 g/mol. The SMILES string of the molecule is CC[C@@H](C)OC(=O)Cc1ccc(N)cc1. The van der Waals surface area contributed by atoms with Crippen LogP contribution >= 0.6 is 0 Å². The molecule has 0 amide bonds. The summed E-state index contributed by atoms with van der Waals surface area (Å²) in [5.41, 5.74) is 7.17. The van der Waals surface area contributed by atoms with Crippen molar-refractivity contribution in [3.05, 3.63) is 29.8 Å². The van der Waals surface area contributed by atoms with Crippen molar-refractivity contribution in [2.24, 2.45) is 0 Å². The van der Waals surface area contributed by atoms with E-state index >= 15 is 0 Å². The second-order valence-corrected chi connectivity index (χ2v) is 3.63. The number of hydrogen-bond acceptors (Lipinski definition) is 3. The number of hydrogen-bond donors (Lipinski definition) is 1. The zero-order chi connectivity index (χ0) is 11.3. The number of anilines is 1. The topological polar surface area (TPSA) is 52.3 Å². The Balaban J connectivity index is 2.48. The van der Waals surface area contributed by atoms with E-state index in [1.54, 1.807) is 12.1 Å². The average Bonchev–Trinajstić information content (AvgIpc) is 2.21. The molecule has 82 valence electrons. The van der Waals surface area contributed by atoms with Crippen LogP contribution in [0.5, 0.6) is 0 Å².